The zero-order chi connectivity index (χ0) is 21.0. The van der Waals surface area contributed by atoms with Crippen molar-refractivity contribution in [3.05, 3.63) is 29.8 Å². The molecule has 160 valence electrons. The van der Waals surface area contributed by atoms with E-state index >= 15 is 0 Å². The Hall–Kier alpha value is -2.65. The van der Waals surface area contributed by atoms with Gasteiger partial charge in [0.2, 0.25) is 0 Å². The second-order valence-electron chi connectivity index (χ2n) is 6.90. The molecule has 1 aliphatic heterocycles. The van der Waals surface area contributed by atoms with Gasteiger partial charge >= 0.3 is 12.5 Å². The Bertz CT molecular complexity index is 748. The zero-order valence-corrected chi connectivity index (χ0v) is 16.4. The summed E-state index contributed by atoms with van der Waals surface area (Å²) in [5, 5.41) is 3.32. The number of amides is 1. The molecule has 7 nitrogen and oxygen atoms in total. The van der Waals surface area contributed by atoms with E-state index in [4.69, 9.17) is 4.74 Å². The molecule has 1 aromatic rings. The first-order valence-corrected chi connectivity index (χ1v) is 9.57. The van der Waals surface area contributed by atoms with Crippen LogP contribution in [0.1, 0.15) is 24.8 Å². The summed E-state index contributed by atoms with van der Waals surface area (Å²) < 4.78 is 47.1. The molecule has 3 rings (SSSR count). The first kappa shape index (κ1) is 21.1. The van der Waals surface area contributed by atoms with Gasteiger partial charge in [-0.05, 0) is 25.0 Å². The van der Waals surface area contributed by atoms with Crippen molar-refractivity contribution in [2.24, 2.45) is 4.99 Å². The minimum atomic E-state index is -4.72. The highest BCUT2D eigenvalue weighted by atomic mass is 19.4. The third kappa shape index (κ3) is 5.45. The summed E-state index contributed by atoms with van der Waals surface area (Å²) in [6.45, 7) is 4.35. The van der Waals surface area contributed by atoms with Gasteiger partial charge in [-0.3, -0.25) is 4.99 Å². The lowest BCUT2D eigenvalue weighted by Gasteiger charge is -2.36. The number of hydrogen-bond donors (Lipinski definition) is 1. The summed E-state index contributed by atoms with van der Waals surface area (Å²) >= 11 is 0. The molecule has 1 amide bonds. The molecule has 2 unspecified atom stereocenters. The lowest BCUT2D eigenvalue weighted by Crippen LogP contribution is -2.54. The number of piperazine rings is 1. The number of hydrogen-bond acceptors (Lipinski definition) is 4. The van der Waals surface area contributed by atoms with Gasteiger partial charge in [0.1, 0.15) is 5.75 Å². The highest BCUT2D eigenvalue weighted by Crippen LogP contribution is 2.45. The van der Waals surface area contributed by atoms with E-state index in [1.54, 1.807) is 31.0 Å². The van der Waals surface area contributed by atoms with Crippen LogP contribution in [0.25, 0.3) is 0 Å². The predicted octanol–water partition coefficient (Wildman–Crippen LogP) is 2.79. The molecule has 0 spiro atoms. The first-order chi connectivity index (χ1) is 13.8. The number of rotatable bonds is 4. The van der Waals surface area contributed by atoms with Crippen molar-refractivity contribution in [3.8, 4) is 5.75 Å². The molecule has 0 radical (unpaired) electrons. The number of carbonyl (C=O) groups is 1. The number of guanidine groups is 1. The summed E-state index contributed by atoms with van der Waals surface area (Å²) in [7, 11) is 1.66. The van der Waals surface area contributed by atoms with Crippen LogP contribution < -0.4 is 10.1 Å². The van der Waals surface area contributed by atoms with Crippen LogP contribution in [0.4, 0.5) is 18.0 Å². The molecule has 0 bridgehead atoms. The number of benzene rings is 1. The molecular formula is C19H25F3N4O3. The number of aliphatic imine (C=N–C) groups is 1. The van der Waals surface area contributed by atoms with Gasteiger partial charge in [0.25, 0.3) is 0 Å². The van der Waals surface area contributed by atoms with Crippen LogP contribution in [0.5, 0.6) is 5.75 Å². The van der Waals surface area contributed by atoms with E-state index in [2.05, 4.69) is 15.0 Å². The maximum atomic E-state index is 12.6. The minimum absolute atomic E-state index is 0.0187. The number of halogens is 3. The molecule has 2 aliphatic rings. The number of para-hydroxylation sites is 1. The fourth-order valence-corrected chi connectivity index (χ4v) is 3.48. The summed E-state index contributed by atoms with van der Waals surface area (Å²) in [4.78, 5) is 19.8. The normalized spacial score (nSPS) is 22.3. The molecular weight excluding hydrogens is 389 g/mol. The van der Waals surface area contributed by atoms with Crippen LogP contribution in [0.15, 0.2) is 29.3 Å². The summed E-state index contributed by atoms with van der Waals surface area (Å²) in [5.74, 6) is 0.439. The Kier molecular flexibility index (Phi) is 6.39. The van der Waals surface area contributed by atoms with Gasteiger partial charge in [-0.25, -0.2) is 4.79 Å². The van der Waals surface area contributed by atoms with Crippen LogP contribution in [0.3, 0.4) is 0 Å². The van der Waals surface area contributed by atoms with E-state index in [1.807, 2.05) is 4.90 Å². The minimum Gasteiger partial charge on any atom is -0.450 e. The average molecular weight is 414 g/mol. The van der Waals surface area contributed by atoms with Crippen LogP contribution in [-0.4, -0.2) is 74.1 Å². The lowest BCUT2D eigenvalue weighted by molar-refractivity contribution is -0.274. The fourth-order valence-electron chi connectivity index (χ4n) is 3.48. The van der Waals surface area contributed by atoms with Gasteiger partial charge in [0.05, 0.1) is 6.61 Å². The van der Waals surface area contributed by atoms with E-state index in [1.165, 1.54) is 12.1 Å². The highest BCUT2D eigenvalue weighted by molar-refractivity contribution is 5.81. The predicted molar refractivity (Wildman–Crippen MR) is 101 cm³/mol. The van der Waals surface area contributed by atoms with E-state index in [-0.39, 0.29) is 23.8 Å². The smallest absolute Gasteiger partial charge is 0.450 e. The van der Waals surface area contributed by atoms with Crippen molar-refractivity contribution < 1.29 is 27.4 Å². The van der Waals surface area contributed by atoms with E-state index in [9.17, 15) is 18.0 Å². The third-order valence-electron chi connectivity index (χ3n) is 4.97. The van der Waals surface area contributed by atoms with Crippen LogP contribution in [0, 0.1) is 0 Å². The Morgan fingerprint density at radius 1 is 1.21 bits per heavy atom. The molecule has 1 aromatic carbocycles. The largest absolute Gasteiger partial charge is 0.573 e. The molecule has 1 saturated heterocycles. The number of nitrogens with one attached hydrogen (secondary N) is 1. The van der Waals surface area contributed by atoms with Crippen LogP contribution >= 0.6 is 0 Å². The number of carbonyl (C=O) groups excluding carboxylic acids is 1. The molecule has 10 heteroatoms. The number of alkyl halides is 3. The van der Waals surface area contributed by atoms with Crippen LogP contribution in [0.2, 0.25) is 0 Å². The molecule has 29 heavy (non-hydrogen) atoms. The summed E-state index contributed by atoms with van der Waals surface area (Å²) in [6, 6.07) is 6.21. The third-order valence-corrected chi connectivity index (χ3v) is 4.97. The molecule has 0 aromatic heterocycles. The van der Waals surface area contributed by atoms with Gasteiger partial charge in [0.15, 0.2) is 5.96 Å². The quantitative estimate of drug-likeness (QED) is 0.606. The van der Waals surface area contributed by atoms with Crippen molar-refractivity contribution in [1.29, 1.82) is 0 Å². The van der Waals surface area contributed by atoms with Crippen LogP contribution in [-0.2, 0) is 4.74 Å². The standard InChI is InChI=1S/C19H25F3N4O3/c1-3-28-18(27)26-10-8-25(9-11-26)17(23-2)24-15-12-14(15)13-6-4-5-7-16(13)29-19(20,21)22/h4-7,14-15H,3,8-12H2,1-2H3,(H,23,24). The highest BCUT2D eigenvalue weighted by Gasteiger charge is 2.43. The first-order valence-electron chi connectivity index (χ1n) is 9.57. The molecule has 1 saturated carbocycles. The summed E-state index contributed by atoms with van der Waals surface area (Å²) in [5.41, 5.74) is 0.532. The van der Waals surface area contributed by atoms with Gasteiger partial charge in [-0.15, -0.1) is 13.2 Å². The fraction of sp³-hybridized carbons (Fsp3) is 0.579. The maximum absolute atomic E-state index is 12.6. The van der Waals surface area contributed by atoms with E-state index in [0.717, 1.165) is 0 Å². The monoisotopic (exact) mass is 414 g/mol. The van der Waals surface area contributed by atoms with Gasteiger partial charge in [0, 0.05) is 45.2 Å². The number of nitrogens with zero attached hydrogens (tertiary/aromatic N) is 3. The number of ether oxygens (including phenoxy) is 2. The second-order valence-corrected chi connectivity index (χ2v) is 6.90. The molecule has 2 atom stereocenters. The zero-order valence-electron chi connectivity index (χ0n) is 16.4. The van der Waals surface area contributed by atoms with Crippen molar-refractivity contribution in [1.82, 2.24) is 15.1 Å². The maximum Gasteiger partial charge on any atom is 0.573 e. The second kappa shape index (κ2) is 8.79. The molecule has 1 N–H and O–H groups in total. The van der Waals surface area contributed by atoms with Gasteiger partial charge < -0.3 is 24.6 Å². The Balaban J connectivity index is 1.56. The van der Waals surface area contributed by atoms with E-state index in [0.29, 0.717) is 50.7 Å². The van der Waals surface area contributed by atoms with Gasteiger partial charge in [-0.2, -0.15) is 0 Å². The Labute approximate surface area is 167 Å². The molecule has 2 fully saturated rings. The molecule has 1 aliphatic carbocycles. The Morgan fingerprint density at radius 3 is 2.48 bits per heavy atom. The van der Waals surface area contributed by atoms with Gasteiger partial charge in [-0.1, -0.05) is 18.2 Å². The molecule has 1 heterocycles. The topological polar surface area (TPSA) is 66.4 Å². The van der Waals surface area contributed by atoms with E-state index < -0.39 is 6.36 Å². The lowest BCUT2D eigenvalue weighted by atomic mass is 10.1. The van der Waals surface area contributed by atoms with Crippen molar-refractivity contribution in [2.45, 2.75) is 31.7 Å². The summed E-state index contributed by atoms with van der Waals surface area (Å²) in [6.07, 6.45) is -4.35. The average Bonchev–Trinajstić information content (AvgIpc) is 3.44. The Morgan fingerprint density at radius 2 is 1.86 bits per heavy atom. The van der Waals surface area contributed by atoms with Crippen molar-refractivity contribution in [3.63, 3.8) is 0 Å². The van der Waals surface area contributed by atoms with Crippen molar-refractivity contribution >= 4 is 12.1 Å². The SMILES string of the molecule is CCOC(=O)N1CCN(C(=NC)NC2CC2c2ccccc2OC(F)(F)F)CC1. The van der Waals surface area contributed by atoms with Crippen molar-refractivity contribution in [2.75, 3.05) is 39.8 Å².